The highest BCUT2D eigenvalue weighted by Gasteiger charge is 2.33. The molecule has 0 heterocycles. The van der Waals surface area contributed by atoms with Gasteiger partial charge in [0, 0.05) is 0 Å². The summed E-state index contributed by atoms with van der Waals surface area (Å²) in [6.07, 6.45) is 2.70. The minimum atomic E-state index is -0.160. The number of hydrogen-bond donors (Lipinski definition) is 1. The van der Waals surface area contributed by atoms with Crippen LogP contribution in [0.15, 0.2) is 0 Å². The van der Waals surface area contributed by atoms with E-state index in [0.29, 0.717) is 0 Å². The standard InChI is InChI=1S/C14H35N3Si/c1-7-12-13-18-15-14(6,16(8-2)9-3)17(10-4)11-5/h15H,7-13,18H2,1-6H3. The van der Waals surface area contributed by atoms with Gasteiger partial charge in [0.15, 0.2) is 0 Å². The Labute approximate surface area is 117 Å². The Morgan fingerprint density at radius 3 is 1.67 bits per heavy atom. The molecule has 4 heteroatoms. The van der Waals surface area contributed by atoms with E-state index in [1.54, 1.807) is 0 Å². The van der Waals surface area contributed by atoms with E-state index in [4.69, 9.17) is 0 Å². The molecule has 0 aromatic carbocycles. The molecule has 0 bridgehead atoms. The van der Waals surface area contributed by atoms with Crippen molar-refractivity contribution in [2.24, 2.45) is 0 Å². The molecule has 110 valence electrons. The Morgan fingerprint density at radius 1 is 0.889 bits per heavy atom. The third-order valence-corrected chi connectivity index (χ3v) is 5.77. The fraction of sp³-hybridized carbons (Fsp3) is 1.00. The SMILES string of the molecule is CCCC[SiH2]NC(C)(N(CC)CC)N(CC)CC. The van der Waals surface area contributed by atoms with Crippen LogP contribution in [0.1, 0.15) is 54.4 Å². The first-order valence-electron chi connectivity index (χ1n) is 7.85. The van der Waals surface area contributed by atoms with E-state index in [9.17, 15) is 0 Å². The summed E-state index contributed by atoms with van der Waals surface area (Å²) >= 11 is 0. The molecule has 0 atom stereocenters. The topological polar surface area (TPSA) is 18.5 Å². The maximum Gasteiger partial charge on any atom is 0.119 e. The largest absolute Gasteiger partial charge is 0.314 e. The van der Waals surface area contributed by atoms with Gasteiger partial charge >= 0.3 is 0 Å². The van der Waals surface area contributed by atoms with Crippen LogP contribution in [-0.2, 0) is 0 Å². The Bertz CT molecular complexity index is 179. The molecule has 0 saturated carbocycles. The molecule has 0 aromatic heterocycles. The van der Waals surface area contributed by atoms with Crippen molar-refractivity contribution in [2.75, 3.05) is 26.2 Å². The van der Waals surface area contributed by atoms with Crippen molar-refractivity contribution in [2.45, 2.75) is 66.2 Å². The van der Waals surface area contributed by atoms with Gasteiger partial charge in [-0.25, -0.2) is 0 Å². The van der Waals surface area contributed by atoms with Crippen LogP contribution in [0, 0.1) is 0 Å². The molecule has 0 aliphatic carbocycles. The Kier molecular flexibility index (Phi) is 10.0. The summed E-state index contributed by atoms with van der Waals surface area (Å²) in [5, 5.41) is 0. The number of nitrogens with one attached hydrogen (secondary N) is 1. The van der Waals surface area contributed by atoms with Crippen LogP contribution in [0.25, 0.3) is 0 Å². The summed E-state index contributed by atoms with van der Waals surface area (Å²) in [7, 11) is -0.160. The first-order chi connectivity index (χ1) is 8.60. The average molecular weight is 274 g/mol. The van der Waals surface area contributed by atoms with Crippen molar-refractivity contribution in [3.63, 3.8) is 0 Å². The first-order valence-corrected chi connectivity index (χ1v) is 9.56. The van der Waals surface area contributed by atoms with Gasteiger partial charge in [0.2, 0.25) is 0 Å². The van der Waals surface area contributed by atoms with Crippen molar-refractivity contribution in [1.29, 1.82) is 0 Å². The van der Waals surface area contributed by atoms with Gasteiger partial charge in [-0.05, 0) is 39.1 Å². The van der Waals surface area contributed by atoms with Gasteiger partial charge in [-0.2, -0.15) is 0 Å². The van der Waals surface area contributed by atoms with Crippen molar-refractivity contribution < 1.29 is 0 Å². The van der Waals surface area contributed by atoms with E-state index in [2.05, 4.69) is 56.3 Å². The predicted molar refractivity (Wildman–Crippen MR) is 85.6 cm³/mol. The monoisotopic (exact) mass is 273 g/mol. The van der Waals surface area contributed by atoms with Gasteiger partial charge in [0.1, 0.15) is 5.79 Å². The lowest BCUT2D eigenvalue weighted by molar-refractivity contribution is -0.0458. The highest BCUT2D eigenvalue weighted by atomic mass is 28.2. The summed E-state index contributed by atoms with van der Waals surface area (Å²) in [6, 6.07) is 1.41. The maximum atomic E-state index is 3.93. The Hall–Kier alpha value is 0.0969. The molecule has 0 saturated heterocycles. The summed E-state index contributed by atoms with van der Waals surface area (Å²) in [6.45, 7) is 18.1. The van der Waals surface area contributed by atoms with E-state index >= 15 is 0 Å². The fourth-order valence-electron chi connectivity index (χ4n) is 2.80. The average Bonchev–Trinajstić information content (AvgIpc) is 2.37. The molecule has 0 aromatic rings. The van der Waals surface area contributed by atoms with Gasteiger partial charge in [-0.3, -0.25) is 9.80 Å². The molecule has 0 spiro atoms. The molecule has 0 rings (SSSR count). The molecular formula is C14H35N3Si. The summed E-state index contributed by atoms with van der Waals surface area (Å²) in [4.78, 5) is 9.03. The van der Waals surface area contributed by atoms with Crippen LogP contribution >= 0.6 is 0 Å². The lowest BCUT2D eigenvalue weighted by Gasteiger charge is -2.48. The fourth-order valence-corrected chi connectivity index (χ4v) is 4.65. The second-order valence-electron chi connectivity index (χ2n) is 5.00. The normalized spacial score (nSPS) is 13.3. The van der Waals surface area contributed by atoms with Crippen molar-refractivity contribution >= 4 is 9.68 Å². The van der Waals surface area contributed by atoms with E-state index in [-0.39, 0.29) is 15.5 Å². The summed E-state index contributed by atoms with van der Waals surface area (Å²) in [5.74, 6) is 0.0625. The van der Waals surface area contributed by atoms with Crippen molar-refractivity contribution in [1.82, 2.24) is 14.8 Å². The van der Waals surface area contributed by atoms with E-state index in [0.717, 1.165) is 26.2 Å². The maximum absolute atomic E-state index is 3.93. The van der Waals surface area contributed by atoms with Crippen LogP contribution in [0.3, 0.4) is 0 Å². The number of nitrogens with zero attached hydrogens (tertiary/aromatic N) is 2. The molecule has 0 radical (unpaired) electrons. The number of rotatable bonds is 11. The van der Waals surface area contributed by atoms with E-state index < -0.39 is 0 Å². The third-order valence-electron chi connectivity index (χ3n) is 4.00. The Morgan fingerprint density at radius 2 is 1.33 bits per heavy atom. The van der Waals surface area contributed by atoms with Gasteiger partial charge in [0.05, 0.1) is 9.68 Å². The van der Waals surface area contributed by atoms with Crippen LogP contribution in [0.5, 0.6) is 0 Å². The highest BCUT2D eigenvalue weighted by molar-refractivity contribution is 6.32. The van der Waals surface area contributed by atoms with E-state index in [1.165, 1.54) is 18.9 Å². The van der Waals surface area contributed by atoms with Crippen molar-refractivity contribution in [3.05, 3.63) is 0 Å². The number of hydrogen-bond acceptors (Lipinski definition) is 3. The zero-order chi connectivity index (χ0) is 14.0. The molecule has 1 N–H and O–H groups in total. The molecule has 3 nitrogen and oxygen atoms in total. The molecule has 0 unspecified atom stereocenters. The zero-order valence-corrected chi connectivity index (χ0v) is 15.0. The molecule has 0 aliphatic heterocycles. The van der Waals surface area contributed by atoms with Crippen molar-refractivity contribution in [3.8, 4) is 0 Å². The van der Waals surface area contributed by atoms with Gasteiger partial charge in [-0.15, -0.1) is 0 Å². The minimum Gasteiger partial charge on any atom is -0.314 e. The van der Waals surface area contributed by atoms with Crippen LogP contribution in [0.2, 0.25) is 6.04 Å². The second-order valence-corrected chi connectivity index (χ2v) is 6.56. The summed E-state index contributed by atoms with van der Waals surface area (Å²) < 4.78 is 0. The van der Waals surface area contributed by atoms with Gasteiger partial charge < -0.3 is 4.98 Å². The summed E-state index contributed by atoms with van der Waals surface area (Å²) in [5.41, 5.74) is 0. The third kappa shape index (κ3) is 5.00. The minimum absolute atomic E-state index is 0.0625. The molecule has 0 aliphatic rings. The number of unbranched alkanes of at least 4 members (excludes halogenated alkanes) is 1. The van der Waals surface area contributed by atoms with Crippen LogP contribution in [-0.4, -0.2) is 51.4 Å². The molecular weight excluding hydrogens is 238 g/mol. The first kappa shape index (κ1) is 18.1. The second kappa shape index (κ2) is 9.95. The lowest BCUT2D eigenvalue weighted by atomic mass is 10.2. The predicted octanol–water partition coefficient (Wildman–Crippen LogP) is 2.24. The molecule has 18 heavy (non-hydrogen) atoms. The molecule has 0 fully saturated rings. The van der Waals surface area contributed by atoms with E-state index in [1.807, 2.05) is 0 Å². The van der Waals surface area contributed by atoms with Crippen LogP contribution in [0.4, 0.5) is 0 Å². The Balaban J connectivity index is 4.67. The van der Waals surface area contributed by atoms with Gasteiger partial charge in [0.25, 0.3) is 0 Å². The molecule has 0 amide bonds. The quantitative estimate of drug-likeness (QED) is 0.354. The highest BCUT2D eigenvalue weighted by Crippen LogP contribution is 2.17. The smallest absolute Gasteiger partial charge is 0.119 e. The zero-order valence-electron chi connectivity index (χ0n) is 13.6. The lowest BCUT2D eigenvalue weighted by Crippen LogP contribution is -2.67. The van der Waals surface area contributed by atoms with Gasteiger partial charge in [-0.1, -0.05) is 47.5 Å². The van der Waals surface area contributed by atoms with Crippen LogP contribution < -0.4 is 4.98 Å².